The summed E-state index contributed by atoms with van der Waals surface area (Å²) in [5.74, 6) is 1.76. The molecule has 2 rings (SSSR count). The lowest BCUT2D eigenvalue weighted by atomic mass is 10.1. The molecule has 1 aliphatic rings. The second-order valence-corrected chi connectivity index (χ2v) is 6.75. The van der Waals surface area contributed by atoms with E-state index in [2.05, 4.69) is 15.6 Å². The monoisotopic (exact) mass is 465 g/mol. The van der Waals surface area contributed by atoms with E-state index in [1.54, 1.807) is 13.4 Å². The van der Waals surface area contributed by atoms with Crippen molar-refractivity contribution in [3.05, 3.63) is 24.2 Å². The van der Waals surface area contributed by atoms with Crippen LogP contribution in [-0.2, 0) is 15.9 Å². The molecule has 1 aromatic heterocycles. The number of furan rings is 1. The van der Waals surface area contributed by atoms with Crippen LogP contribution < -0.4 is 10.6 Å². The molecule has 6 nitrogen and oxygen atoms in total. The molecule has 0 radical (unpaired) electrons. The molecule has 0 aromatic carbocycles. The van der Waals surface area contributed by atoms with Crippen molar-refractivity contribution in [2.24, 2.45) is 4.99 Å². The molecule has 1 saturated heterocycles. The van der Waals surface area contributed by atoms with E-state index in [0.29, 0.717) is 6.54 Å². The topological polar surface area (TPSA) is 68.0 Å². The number of hydrogen-bond donors (Lipinski definition) is 2. The summed E-state index contributed by atoms with van der Waals surface area (Å²) in [7, 11) is 1.71. The third kappa shape index (κ3) is 8.91. The standard InChI is InChI=1S/C18H31N3O3.HI/c1-18(2,22-3)14-21-17(19-10-9-15-8-6-12-23-15)20-13-16-7-4-5-11-24-16;/h6,8,12,16H,4-5,7,9-11,13-14H2,1-3H3,(H2,19,20,21);1H. The van der Waals surface area contributed by atoms with Crippen LogP contribution in [0.1, 0.15) is 38.9 Å². The van der Waals surface area contributed by atoms with Gasteiger partial charge in [0.15, 0.2) is 5.96 Å². The zero-order chi connectivity index (χ0) is 17.3. The first-order valence-electron chi connectivity index (χ1n) is 8.80. The van der Waals surface area contributed by atoms with Crippen molar-refractivity contribution in [3.63, 3.8) is 0 Å². The average Bonchev–Trinajstić information content (AvgIpc) is 3.11. The van der Waals surface area contributed by atoms with Crippen LogP contribution in [0.4, 0.5) is 0 Å². The first-order chi connectivity index (χ1) is 11.6. The molecule has 1 unspecified atom stereocenters. The van der Waals surface area contributed by atoms with Gasteiger partial charge >= 0.3 is 0 Å². The minimum absolute atomic E-state index is 0. The molecule has 1 atom stereocenters. The minimum atomic E-state index is -0.281. The Labute approximate surface area is 168 Å². The fraction of sp³-hybridized carbons (Fsp3) is 0.722. The van der Waals surface area contributed by atoms with Crippen molar-refractivity contribution in [2.45, 2.75) is 51.2 Å². The second-order valence-electron chi connectivity index (χ2n) is 6.75. The van der Waals surface area contributed by atoms with Crippen LogP contribution in [-0.4, -0.2) is 51.0 Å². The number of methoxy groups -OCH3 is 1. The van der Waals surface area contributed by atoms with Gasteiger partial charge in [-0.05, 0) is 45.2 Å². The van der Waals surface area contributed by atoms with Crippen molar-refractivity contribution in [1.29, 1.82) is 0 Å². The van der Waals surface area contributed by atoms with Crippen LogP contribution in [0, 0.1) is 0 Å². The average molecular weight is 465 g/mol. The minimum Gasteiger partial charge on any atom is -0.469 e. The molecular formula is C18H32IN3O3. The van der Waals surface area contributed by atoms with Crippen LogP contribution in [0.5, 0.6) is 0 Å². The van der Waals surface area contributed by atoms with E-state index < -0.39 is 0 Å². The van der Waals surface area contributed by atoms with E-state index in [1.807, 2.05) is 26.0 Å². The molecule has 0 amide bonds. The first kappa shape index (κ1) is 22.2. The third-order valence-corrected chi connectivity index (χ3v) is 4.19. The van der Waals surface area contributed by atoms with Gasteiger partial charge in [-0.15, -0.1) is 24.0 Å². The summed E-state index contributed by atoms with van der Waals surface area (Å²) in [5, 5.41) is 6.76. The number of hydrogen-bond acceptors (Lipinski definition) is 4. The summed E-state index contributed by atoms with van der Waals surface area (Å²) in [5.41, 5.74) is -0.281. The van der Waals surface area contributed by atoms with Crippen LogP contribution >= 0.6 is 24.0 Å². The summed E-state index contributed by atoms with van der Waals surface area (Å²) in [4.78, 5) is 4.65. The van der Waals surface area contributed by atoms with Crippen molar-refractivity contribution in [3.8, 4) is 0 Å². The summed E-state index contributed by atoms with van der Waals surface area (Å²) in [6.45, 7) is 7.05. The molecule has 0 saturated carbocycles. The highest BCUT2D eigenvalue weighted by molar-refractivity contribution is 14.0. The van der Waals surface area contributed by atoms with Crippen molar-refractivity contribution < 1.29 is 13.9 Å². The molecule has 1 aliphatic heterocycles. The fourth-order valence-corrected chi connectivity index (χ4v) is 2.45. The zero-order valence-corrected chi connectivity index (χ0v) is 17.9. The van der Waals surface area contributed by atoms with E-state index >= 15 is 0 Å². The largest absolute Gasteiger partial charge is 0.469 e. The maximum Gasteiger partial charge on any atom is 0.191 e. The number of rotatable bonds is 8. The molecule has 1 aromatic rings. The third-order valence-electron chi connectivity index (χ3n) is 4.19. The smallest absolute Gasteiger partial charge is 0.191 e. The maximum absolute atomic E-state index is 5.77. The highest BCUT2D eigenvalue weighted by atomic mass is 127. The van der Waals surface area contributed by atoms with E-state index in [1.165, 1.54) is 12.8 Å². The van der Waals surface area contributed by atoms with Gasteiger partial charge in [-0.3, -0.25) is 4.99 Å². The SMILES string of the molecule is COC(C)(C)CN=C(NCCc1ccco1)NCC1CCCCO1.I. The molecular weight excluding hydrogens is 433 g/mol. The Morgan fingerprint density at radius 2 is 2.20 bits per heavy atom. The molecule has 0 aliphatic carbocycles. The number of guanidine groups is 1. The van der Waals surface area contributed by atoms with E-state index in [0.717, 1.165) is 44.3 Å². The van der Waals surface area contributed by atoms with Crippen LogP contribution in [0.2, 0.25) is 0 Å². The summed E-state index contributed by atoms with van der Waals surface area (Å²) < 4.78 is 16.6. The van der Waals surface area contributed by atoms with Gasteiger partial charge in [-0.1, -0.05) is 0 Å². The van der Waals surface area contributed by atoms with Gasteiger partial charge in [0.1, 0.15) is 5.76 Å². The predicted molar refractivity (Wildman–Crippen MR) is 111 cm³/mol. The molecule has 2 heterocycles. The first-order valence-corrected chi connectivity index (χ1v) is 8.80. The number of nitrogens with zero attached hydrogens (tertiary/aromatic N) is 1. The normalized spacial score (nSPS) is 18.5. The van der Waals surface area contributed by atoms with Crippen molar-refractivity contribution >= 4 is 29.9 Å². The molecule has 144 valence electrons. The van der Waals surface area contributed by atoms with Crippen molar-refractivity contribution in [2.75, 3.05) is 33.4 Å². The Morgan fingerprint density at radius 1 is 1.36 bits per heavy atom. The number of ether oxygens (including phenoxy) is 2. The number of halogens is 1. The van der Waals surface area contributed by atoms with Gasteiger partial charge in [0.05, 0.1) is 24.5 Å². The predicted octanol–water partition coefficient (Wildman–Crippen LogP) is 2.97. The highest BCUT2D eigenvalue weighted by Gasteiger charge is 2.17. The molecule has 25 heavy (non-hydrogen) atoms. The fourth-order valence-electron chi connectivity index (χ4n) is 2.45. The molecule has 0 bridgehead atoms. The lowest BCUT2D eigenvalue weighted by molar-refractivity contribution is 0.0193. The Hall–Kier alpha value is -0.800. The van der Waals surface area contributed by atoms with Gasteiger partial charge in [0.25, 0.3) is 0 Å². The molecule has 7 heteroatoms. The van der Waals surface area contributed by atoms with E-state index in [9.17, 15) is 0 Å². The maximum atomic E-state index is 5.77. The molecule has 1 fully saturated rings. The highest BCUT2D eigenvalue weighted by Crippen LogP contribution is 2.11. The Balaban J connectivity index is 0.00000312. The Morgan fingerprint density at radius 3 is 2.84 bits per heavy atom. The lowest BCUT2D eigenvalue weighted by Crippen LogP contribution is -2.44. The number of aliphatic imine (C=N–C) groups is 1. The van der Waals surface area contributed by atoms with Gasteiger partial charge < -0.3 is 24.5 Å². The van der Waals surface area contributed by atoms with E-state index in [4.69, 9.17) is 13.9 Å². The van der Waals surface area contributed by atoms with Crippen LogP contribution in [0.3, 0.4) is 0 Å². The van der Waals surface area contributed by atoms with E-state index in [-0.39, 0.29) is 35.7 Å². The molecule has 2 N–H and O–H groups in total. The van der Waals surface area contributed by atoms with Crippen LogP contribution in [0.25, 0.3) is 0 Å². The quantitative estimate of drug-likeness (QED) is 0.351. The summed E-state index contributed by atoms with van der Waals surface area (Å²) >= 11 is 0. The van der Waals surface area contributed by atoms with Gasteiger partial charge in [0.2, 0.25) is 0 Å². The van der Waals surface area contributed by atoms with Gasteiger partial charge in [-0.25, -0.2) is 0 Å². The van der Waals surface area contributed by atoms with Gasteiger partial charge in [-0.2, -0.15) is 0 Å². The molecule has 0 spiro atoms. The van der Waals surface area contributed by atoms with Crippen molar-refractivity contribution in [1.82, 2.24) is 10.6 Å². The Bertz CT molecular complexity index is 486. The Kier molecular flexibility index (Phi) is 10.4. The summed E-state index contributed by atoms with van der Waals surface area (Å²) in [6, 6.07) is 3.89. The zero-order valence-electron chi connectivity index (χ0n) is 15.5. The van der Waals surface area contributed by atoms with Crippen LogP contribution in [0.15, 0.2) is 27.8 Å². The second kappa shape index (κ2) is 11.7. The lowest BCUT2D eigenvalue weighted by Gasteiger charge is -2.25. The van der Waals surface area contributed by atoms with Gasteiger partial charge in [0, 0.05) is 33.2 Å². The summed E-state index contributed by atoms with van der Waals surface area (Å²) in [6.07, 6.45) is 6.30. The number of nitrogens with one attached hydrogen (secondary N) is 2.